The number of amides is 12. The molecule has 5 fully saturated rings. The van der Waals surface area contributed by atoms with Crippen LogP contribution in [0.25, 0.3) is 0 Å². The van der Waals surface area contributed by atoms with Gasteiger partial charge in [0, 0.05) is 80.2 Å². The van der Waals surface area contributed by atoms with Crippen molar-refractivity contribution in [3.05, 3.63) is 0 Å². The largest absolute Gasteiger partial charge is 0.393 e. The zero-order valence-corrected chi connectivity index (χ0v) is 61.2. The number of rotatable bonds is 11. The third-order valence-electron chi connectivity index (χ3n) is 21.4. The maximum atomic E-state index is 15.3. The van der Waals surface area contributed by atoms with Crippen LogP contribution in [0.15, 0.2) is 0 Å². The van der Waals surface area contributed by atoms with Crippen molar-refractivity contribution in [2.24, 2.45) is 35.5 Å². The zero-order chi connectivity index (χ0) is 72.7. The van der Waals surface area contributed by atoms with Crippen LogP contribution in [0.3, 0.4) is 0 Å². The van der Waals surface area contributed by atoms with E-state index >= 15 is 14.4 Å². The molecule has 2 heterocycles. The summed E-state index contributed by atoms with van der Waals surface area (Å²) >= 11 is 13.4. The van der Waals surface area contributed by atoms with Gasteiger partial charge in [0.15, 0.2) is 0 Å². The molecule has 0 aromatic carbocycles. The fourth-order valence-corrected chi connectivity index (χ4v) is 15.4. The molecule has 24 nitrogen and oxygen atoms in total. The Bertz CT molecular complexity index is 2780. The highest BCUT2D eigenvalue weighted by molar-refractivity contribution is 6.21. The highest BCUT2D eigenvalue weighted by Crippen LogP contribution is 2.44. The highest BCUT2D eigenvalue weighted by Gasteiger charge is 2.48. The van der Waals surface area contributed by atoms with Gasteiger partial charge in [0.1, 0.15) is 48.3 Å². The second-order valence-electron chi connectivity index (χ2n) is 28.8. The quantitative estimate of drug-likeness (QED) is 0.224. The Hall–Kier alpha value is -5.99. The average Bonchev–Trinajstić information content (AvgIpc) is 1.47. The third kappa shape index (κ3) is 22.0. The smallest absolute Gasteiger partial charge is 0.343 e. The van der Waals surface area contributed by atoms with Gasteiger partial charge >= 0.3 is 6.18 Å². The normalized spacial score (nSPS) is 30.9. The number of nitrogens with zero attached hydrogens (tertiary/aromatic N) is 9. The van der Waals surface area contributed by atoms with E-state index < -0.39 is 186 Å². The Morgan fingerprint density at radius 1 is 0.546 bits per heavy atom. The number of alkyl halides is 5. The summed E-state index contributed by atoms with van der Waals surface area (Å²) in [5, 5.41) is 6.71. The lowest BCUT2D eigenvalue weighted by atomic mass is 9.78. The van der Waals surface area contributed by atoms with Crippen molar-refractivity contribution in [1.29, 1.82) is 0 Å². The van der Waals surface area contributed by atoms with E-state index in [0.29, 0.717) is 45.2 Å². The molecular weight excluding hydrogens is 1300 g/mol. The van der Waals surface area contributed by atoms with Gasteiger partial charge in [-0.25, -0.2) is 0 Å². The van der Waals surface area contributed by atoms with Crippen molar-refractivity contribution < 1.29 is 70.7 Å². The Morgan fingerprint density at radius 2 is 1.14 bits per heavy atom. The first-order valence-corrected chi connectivity index (χ1v) is 35.9. The number of carbonyl (C=O) groups is 12. The summed E-state index contributed by atoms with van der Waals surface area (Å²) in [6.45, 7) is 8.81. The third-order valence-corrected chi connectivity index (χ3v) is 22.4. The fraction of sp³-hybridized carbons (Fsp3) is 0.824. The van der Waals surface area contributed by atoms with Gasteiger partial charge in [0.25, 0.3) is 0 Å². The molecule has 0 spiro atoms. The minimum Gasteiger partial charge on any atom is -0.343 e. The van der Waals surface area contributed by atoms with Gasteiger partial charge in [-0.15, -0.1) is 23.2 Å². The standard InChI is InChI=1S/C68H111Cl2F3N12O12/c1-15-41(4)58-66(96)79(9)38-56(88)77(7)39-57(89)81(11)52(34-44-23-17-16-18-24-44)64(94)78(8)37-54(86)75-50(30-28-45-27-29-47(49(70)33-45)68(71,72)73)63(93)82(12)51(35-46-25-19-20-26-48(46)69)61(91)74-42(5)62(92)84(14)59(40(2)3)67(97)83(13)53(65(95)85-31-21-22-32-85)36-55(87)80(10)43(6)60(90)76-58/h40-53,58-59H,15-39H2,1-14H3,(H,74,91)(H,75,86)(H,76,90)/t41-,42+,43-,45?,46?,47?,48?,49?,50-,51-,52-,53-,58-,59-/m0/s1. The van der Waals surface area contributed by atoms with Crippen LogP contribution in [0.4, 0.5) is 13.2 Å². The second kappa shape index (κ2) is 36.9. The van der Waals surface area contributed by atoms with E-state index in [4.69, 9.17) is 23.2 Å². The van der Waals surface area contributed by atoms with E-state index in [1.807, 2.05) is 6.92 Å². The summed E-state index contributed by atoms with van der Waals surface area (Å²) in [7, 11) is 11.0. The van der Waals surface area contributed by atoms with E-state index in [2.05, 4.69) is 16.0 Å². The molecule has 5 unspecified atom stereocenters. The lowest BCUT2D eigenvalue weighted by Gasteiger charge is -2.39. The van der Waals surface area contributed by atoms with Gasteiger partial charge in [0.05, 0.1) is 32.0 Å². The van der Waals surface area contributed by atoms with Crippen LogP contribution in [0.2, 0.25) is 0 Å². The number of hydrogen-bond donors (Lipinski definition) is 3. The number of hydrogen-bond acceptors (Lipinski definition) is 12. The molecule has 0 aromatic rings. The summed E-state index contributed by atoms with van der Waals surface area (Å²) in [6.07, 6.45) is 3.89. The Balaban J connectivity index is 1.59. The van der Waals surface area contributed by atoms with Gasteiger partial charge in [0.2, 0.25) is 70.9 Å². The number of halogens is 5. The molecule has 3 aliphatic carbocycles. The van der Waals surface area contributed by atoms with Crippen molar-refractivity contribution >= 4 is 94.1 Å². The van der Waals surface area contributed by atoms with Gasteiger partial charge < -0.3 is 60.0 Å². The Labute approximate surface area is 582 Å². The van der Waals surface area contributed by atoms with Crippen molar-refractivity contribution in [3.8, 4) is 0 Å². The predicted molar refractivity (Wildman–Crippen MR) is 361 cm³/mol. The number of nitrogens with one attached hydrogen (secondary N) is 3. The van der Waals surface area contributed by atoms with Crippen LogP contribution in [-0.2, 0) is 57.5 Å². The number of likely N-dealkylation sites (N-methyl/N-ethyl adjacent to an activating group) is 8. The lowest BCUT2D eigenvalue weighted by molar-refractivity contribution is -0.182. The van der Waals surface area contributed by atoms with E-state index in [1.165, 1.54) is 80.0 Å². The monoisotopic (exact) mass is 1410 g/mol. The minimum atomic E-state index is -4.53. The highest BCUT2D eigenvalue weighted by atomic mass is 35.5. The van der Waals surface area contributed by atoms with Crippen LogP contribution in [0, 0.1) is 35.5 Å². The van der Waals surface area contributed by atoms with Crippen LogP contribution < -0.4 is 16.0 Å². The van der Waals surface area contributed by atoms with Crippen molar-refractivity contribution in [1.82, 2.24) is 60.0 Å². The molecule has 0 radical (unpaired) electrons. The summed E-state index contributed by atoms with van der Waals surface area (Å²) in [5.41, 5.74) is 0. The van der Waals surface area contributed by atoms with Gasteiger partial charge in [-0.2, -0.15) is 13.2 Å². The van der Waals surface area contributed by atoms with Crippen LogP contribution in [-0.4, -0.2) is 269 Å². The number of carbonyl (C=O) groups excluding carboxylic acids is 12. The fourth-order valence-electron chi connectivity index (χ4n) is 14.5. The van der Waals surface area contributed by atoms with Gasteiger partial charge in [-0.05, 0) is 114 Å². The molecule has 97 heavy (non-hydrogen) atoms. The topological polar surface area (TPSA) is 270 Å². The zero-order valence-electron chi connectivity index (χ0n) is 59.7. The van der Waals surface area contributed by atoms with Crippen LogP contribution >= 0.6 is 23.2 Å². The maximum absolute atomic E-state index is 15.3. The van der Waals surface area contributed by atoms with Gasteiger partial charge in [-0.1, -0.05) is 79.1 Å². The molecule has 29 heteroatoms. The SMILES string of the molecule is CC[C@H](C)[C@@H]1NC(=O)[C@H](C)N(C)C(=O)C[C@@H](C(=O)N2CCCC2)N(C)C(=O)[C@H](C(C)C)N(C)C(=O)[C@@H](C)NC(=O)[C@H](CC2CCCCC2Cl)N(C)C(=O)[C@H](CCC2CCC(C(F)(F)F)C(Cl)C2)NC(=O)CN(C)C(=O)[C@H](CC2CCCCC2)N(C)C(=O)CN(C)C(=O)CN(C)C1=O. The van der Waals surface area contributed by atoms with Crippen molar-refractivity contribution in [3.63, 3.8) is 0 Å². The molecule has 2 saturated heterocycles. The van der Waals surface area contributed by atoms with E-state index in [0.717, 1.165) is 74.3 Å². The van der Waals surface area contributed by atoms with Crippen molar-refractivity contribution in [2.45, 2.75) is 235 Å². The average molecular weight is 1420 g/mol. The van der Waals surface area contributed by atoms with Crippen LogP contribution in [0.5, 0.6) is 0 Å². The van der Waals surface area contributed by atoms with E-state index in [1.54, 1.807) is 25.7 Å². The molecule has 5 aliphatic rings. The second-order valence-corrected chi connectivity index (χ2v) is 29.9. The first-order chi connectivity index (χ1) is 45.4. The molecular formula is C68H111Cl2F3N12O12. The number of likely N-dealkylation sites (tertiary alicyclic amines) is 1. The molecule has 14 atom stereocenters. The first kappa shape index (κ1) is 81.7. The predicted octanol–water partition coefficient (Wildman–Crippen LogP) is 5.24. The molecule has 12 amide bonds. The molecule has 0 aromatic heterocycles. The molecule has 2 aliphatic heterocycles. The minimum absolute atomic E-state index is 0.0157. The summed E-state index contributed by atoms with van der Waals surface area (Å²) in [6, 6.07) is -10.4. The summed E-state index contributed by atoms with van der Waals surface area (Å²) in [4.78, 5) is 186. The Morgan fingerprint density at radius 3 is 1.73 bits per heavy atom. The molecule has 5 rings (SSSR count). The van der Waals surface area contributed by atoms with Gasteiger partial charge in [-0.3, -0.25) is 57.5 Å². The molecule has 0 bridgehead atoms. The molecule has 3 saturated carbocycles. The van der Waals surface area contributed by atoms with E-state index in [-0.39, 0.29) is 56.8 Å². The Kier molecular flexibility index (Phi) is 31.1. The van der Waals surface area contributed by atoms with E-state index in [9.17, 15) is 56.3 Å². The molecule has 550 valence electrons. The maximum Gasteiger partial charge on any atom is 0.393 e. The molecule has 3 N–H and O–H groups in total. The summed E-state index contributed by atoms with van der Waals surface area (Å²) < 4.78 is 42.0. The first-order valence-electron chi connectivity index (χ1n) is 35.0. The lowest BCUT2D eigenvalue weighted by Crippen LogP contribution is -2.61. The summed E-state index contributed by atoms with van der Waals surface area (Å²) in [5.74, 6) is -11.8. The van der Waals surface area contributed by atoms with Crippen molar-refractivity contribution in [2.75, 3.05) is 89.1 Å². The van der Waals surface area contributed by atoms with Crippen LogP contribution in [0.1, 0.15) is 170 Å².